The number of likely N-dealkylation sites (N-methyl/N-ethyl adjacent to an activating group) is 1. The Balaban J connectivity index is 1.52. The van der Waals surface area contributed by atoms with Crippen molar-refractivity contribution in [3.8, 4) is 6.07 Å². The molecule has 2 saturated heterocycles. The van der Waals surface area contributed by atoms with Crippen molar-refractivity contribution in [3.63, 3.8) is 0 Å². The van der Waals surface area contributed by atoms with Crippen molar-refractivity contribution >= 4 is 22.9 Å². The van der Waals surface area contributed by atoms with Gasteiger partial charge in [0.1, 0.15) is 18.2 Å². The van der Waals surface area contributed by atoms with Gasteiger partial charge in [0.25, 0.3) is 0 Å². The van der Waals surface area contributed by atoms with Gasteiger partial charge in [0.2, 0.25) is 5.91 Å². The first-order chi connectivity index (χ1) is 13.4. The SMILES string of the molecule is Cc1c(C#N)c2ccccc2n1CC(=O)N1CCC[C@]2(CC1)CN(C)C(=O)O2. The predicted molar refractivity (Wildman–Crippen MR) is 104 cm³/mol. The van der Waals surface area contributed by atoms with Crippen molar-refractivity contribution in [1.29, 1.82) is 5.26 Å². The summed E-state index contributed by atoms with van der Waals surface area (Å²) in [6, 6.07) is 9.96. The number of rotatable bonds is 2. The zero-order chi connectivity index (χ0) is 19.9. The lowest BCUT2D eigenvalue weighted by atomic mass is 9.95. The molecule has 0 saturated carbocycles. The molecule has 1 atom stereocenters. The fourth-order valence-electron chi connectivity index (χ4n) is 4.48. The molecule has 28 heavy (non-hydrogen) atoms. The van der Waals surface area contributed by atoms with Crippen LogP contribution in [0.3, 0.4) is 0 Å². The van der Waals surface area contributed by atoms with E-state index in [0.717, 1.165) is 29.4 Å². The number of hydrogen-bond donors (Lipinski definition) is 0. The molecular weight excluding hydrogens is 356 g/mol. The van der Waals surface area contributed by atoms with Gasteiger partial charge in [-0.2, -0.15) is 5.26 Å². The highest BCUT2D eigenvalue weighted by Gasteiger charge is 2.44. The molecule has 2 aliphatic rings. The summed E-state index contributed by atoms with van der Waals surface area (Å²) in [6.45, 7) is 3.91. The summed E-state index contributed by atoms with van der Waals surface area (Å²) in [5.74, 6) is 0.0306. The summed E-state index contributed by atoms with van der Waals surface area (Å²) in [5, 5.41) is 10.4. The van der Waals surface area contributed by atoms with E-state index in [0.29, 0.717) is 31.6 Å². The van der Waals surface area contributed by atoms with E-state index >= 15 is 0 Å². The van der Waals surface area contributed by atoms with Crippen LogP contribution in [0.15, 0.2) is 24.3 Å². The predicted octanol–water partition coefficient (Wildman–Crippen LogP) is 2.65. The van der Waals surface area contributed by atoms with Crippen LogP contribution in [0.4, 0.5) is 4.79 Å². The Bertz CT molecular complexity index is 989. The van der Waals surface area contributed by atoms with Crippen molar-refractivity contribution in [2.45, 2.75) is 38.3 Å². The van der Waals surface area contributed by atoms with Crippen LogP contribution in [0.1, 0.15) is 30.5 Å². The van der Waals surface area contributed by atoms with Gasteiger partial charge >= 0.3 is 6.09 Å². The summed E-state index contributed by atoms with van der Waals surface area (Å²) in [6.07, 6.45) is 1.96. The van der Waals surface area contributed by atoms with Gasteiger partial charge in [0.15, 0.2) is 0 Å². The normalized spacial score (nSPS) is 22.4. The molecule has 7 nitrogen and oxygen atoms in total. The van der Waals surface area contributed by atoms with E-state index in [1.807, 2.05) is 40.7 Å². The van der Waals surface area contributed by atoms with Crippen LogP contribution in [0, 0.1) is 18.3 Å². The maximum atomic E-state index is 13.0. The molecule has 0 bridgehead atoms. The van der Waals surface area contributed by atoms with E-state index < -0.39 is 5.60 Å². The Hall–Kier alpha value is -3.01. The highest BCUT2D eigenvalue weighted by atomic mass is 16.6. The molecule has 146 valence electrons. The number of ether oxygens (including phenoxy) is 1. The molecule has 3 heterocycles. The third-order valence-corrected chi connectivity index (χ3v) is 6.03. The Labute approximate surface area is 164 Å². The van der Waals surface area contributed by atoms with E-state index in [9.17, 15) is 14.9 Å². The average molecular weight is 380 g/mol. The second-order valence-electron chi connectivity index (χ2n) is 7.82. The molecule has 4 rings (SSSR count). The summed E-state index contributed by atoms with van der Waals surface area (Å²) in [7, 11) is 1.75. The molecule has 2 amide bonds. The zero-order valence-electron chi connectivity index (χ0n) is 16.3. The van der Waals surface area contributed by atoms with Gasteiger partial charge in [-0.1, -0.05) is 18.2 Å². The van der Waals surface area contributed by atoms with Gasteiger partial charge in [0.05, 0.1) is 17.6 Å². The molecule has 7 heteroatoms. The summed E-state index contributed by atoms with van der Waals surface area (Å²) >= 11 is 0. The molecule has 1 aromatic carbocycles. The molecule has 1 spiro atoms. The lowest BCUT2D eigenvalue weighted by Gasteiger charge is -2.25. The highest BCUT2D eigenvalue weighted by molar-refractivity contribution is 5.89. The largest absolute Gasteiger partial charge is 0.441 e. The molecule has 0 unspecified atom stereocenters. The standard InChI is InChI=1S/C21H24N4O3/c1-15-17(12-22)16-6-3-4-7-18(16)25(15)13-19(26)24-10-5-8-21(9-11-24)14-23(2)20(27)28-21/h3-4,6-7H,5,8-11,13-14H2,1-2H3/t21-/m0/s1. The Morgan fingerprint density at radius 2 is 2.07 bits per heavy atom. The number of fused-ring (bicyclic) bond motifs is 1. The summed E-state index contributed by atoms with van der Waals surface area (Å²) < 4.78 is 7.56. The number of nitrogens with zero attached hydrogens (tertiary/aromatic N) is 4. The van der Waals surface area contributed by atoms with Crippen LogP contribution >= 0.6 is 0 Å². The van der Waals surface area contributed by atoms with Crippen LogP contribution < -0.4 is 0 Å². The minimum Gasteiger partial charge on any atom is -0.441 e. The number of carbonyl (C=O) groups excluding carboxylic acids is 2. The van der Waals surface area contributed by atoms with E-state index in [4.69, 9.17) is 4.74 Å². The van der Waals surface area contributed by atoms with E-state index in [1.165, 1.54) is 0 Å². The number of amides is 2. The maximum absolute atomic E-state index is 13.0. The van der Waals surface area contributed by atoms with Gasteiger partial charge in [0, 0.05) is 37.6 Å². The number of hydrogen-bond acceptors (Lipinski definition) is 4. The summed E-state index contributed by atoms with van der Waals surface area (Å²) in [4.78, 5) is 28.3. The van der Waals surface area contributed by atoms with Crippen LogP contribution in [-0.2, 0) is 16.1 Å². The second-order valence-corrected chi connectivity index (χ2v) is 7.82. The van der Waals surface area contributed by atoms with Gasteiger partial charge in [-0.25, -0.2) is 4.79 Å². The quantitative estimate of drug-likeness (QED) is 0.802. The summed E-state index contributed by atoms with van der Waals surface area (Å²) in [5.41, 5.74) is 1.88. The van der Waals surface area contributed by atoms with Crippen molar-refractivity contribution in [2.24, 2.45) is 0 Å². The van der Waals surface area contributed by atoms with Crippen LogP contribution in [-0.4, -0.2) is 58.7 Å². The van der Waals surface area contributed by atoms with Crippen molar-refractivity contribution < 1.29 is 14.3 Å². The first-order valence-electron chi connectivity index (χ1n) is 9.64. The minimum absolute atomic E-state index is 0.0306. The Kier molecular flexibility index (Phi) is 4.50. The Morgan fingerprint density at radius 3 is 2.79 bits per heavy atom. The molecule has 2 fully saturated rings. The minimum atomic E-state index is -0.467. The van der Waals surface area contributed by atoms with E-state index in [2.05, 4.69) is 6.07 Å². The van der Waals surface area contributed by atoms with E-state index in [-0.39, 0.29) is 18.5 Å². The molecule has 0 aliphatic carbocycles. The van der Waals surface area contributed by atoms with Crippen molar-refractivity contribution in [2.75, 3.05) is 26.7 Å². The number of carbonyl (C=O) groups is 2. The van der Waals surface area contributed by atoms with Gasteiger partial charge in [-0.3, -0.25) is 4.79 Å². The third-order valence-electron chi connectivity index (χ3n) is 6.03. The monoisotopic (exact) mass is 380 g/mol. The maximum Gasteiger partial charge on any atom is 0.410 e. The fourth-order valence-corrected chi connectivity index (χ4v) is 4.48. The number of benzene rings is 1. The number of likely N-dealkylation sites (tertiary alicyclic amines) is 1. The first kappa shape index (κ1) is 18.4. The van der Waals surface area contributed by atoms with Crippen molar-refractivity contribution in [3.05, 3.63) is 35.5 Å². The number of para-hydroxylation sites is 1. The lowest BCUT2D eigenvalue weighted by Crippen LogP contribution is -2.38. The molecule has 0 N–H and O–H groups in total. The Morgan fingerprint density at radius 1 is 1.29 bits per heavy atom. The van der Waals surface area contributed by atoms with Gasteiger partial charge in [-0.05, 0) is 25.8 Å². The second kappa shape index (κ2) is 6.86. The molecule has 1 aromatic heterocycles. The fraction of sp³-hybridized carbons (Fsp3) is 0.476. The van der Waals surface area contributed by atoms with Gasteiger partial charge < -0.3 is 19.1 Å². The topological polar surface area (TPSA) is 78.6 Å². The molecular formula is C21H24N4O3. The van der Waals surface area contributed by atoms with Crippen LogP contribution in [0.5, 0.6) is 0 Å². The third kappa shape index (κ3) is 2.99. The van der Waals surface area contributed by atoms with Crippen LogP contribution in [0.25, 0.3) is 10.9 Å². The highest BCUT2D eigenvalue weighted by Crippen LogP contribution is 2.33. The average Bonchev–Trinajstić information content (AvgIpc) is 3.00. The van der Waals surface area contributed by atoms with E-state index in [1.54, 1.807) is 11.9 Å². The molecule has 2 aromatic rings. The number of nitriles is 1. The lowest BCUT2D eigenvalue weighted by molar-refractivity contribution is -0.131. The van der Waals surface area contributed by atoms with Crippen molar-refractivity contribution in [1.82, 2.24) is 14.4 Å². The smallest absolute Gasteiger partial charge is 0.410 e. The molecule has 0 radical (unpaired) electrons. The number of aromatic nitrogens is 1. The van der Waals surface area contributed by atoms with Crippen LogP contribution in [0.2, 0.25) is 0 Å². The zero-order valence-corrected chi connectivity index (χ0v) is 16.3. The van der Waals surface area contributed by atoms with Gasteiger partial charge in [-0.15, -0.1) is 0 Å². The molecule has 2 aliphatic heterocycles. The first-order valence-corrected chi connectivity index (χ1v) is 9.64.